The minimum absolute atomic E-state index is 0.0427. The second kappa shape index (κ2) is 10.4. The van der Waals surface area contributed by atoms with Gasteiger partial charge in [-0.1, -0.05) is 60.7 Å². The van der Waals surface area contributed by atoms with Crippen molar-refractivity contribution >= 4 is 17.7 Å². The average Bonchev–Trinajstić information content (AvgIpc) is 3.39. The SMILES string of the molecule is O=C(c1ccc(OC2CCSC2)nc1)N1CCN(C(c2ccccc2)c2ccccc2)CC1. The van der Waals surface area contributed by atoms with Crippen LogP contribution in [-0.2, 0) is 0 Å². The molecule has 1 amide bonds. The van der Waals surface area contributed by atoms with Crippen LogP contribution in [-0.4, -0.2) is 64.5 Å². The maximum absolute atomic E-state index is 13.1. The van der Waals surface area contributed by atoms with Crippen LogP contribution in [0.25, 0.3) is 0 Å². The summed E-state index contributed by atoms with van der Waals surface area (Å²) in [6.07, 6.45) is 2.95. The van der Waals surface area contributed by atoms with Gasteiger partial charge in [-0.2, -0.15) is 11.8 Å². The van der Waals surface area contributed by atoms with E-state index in [0.717, 1.165) is 31.0 Å². The van der Waals surface area contributed by atoms with Gasteiger partial charge < -0.3 is 9.64 Å². The van der Waals surface area contributed by atoms with Gasteiger partial charge >= 0.3 is 0 Å². The van der Waals surface area contributed by atoms with Crippen molar-refractivity contribution < 1.29 is 9.53 Å². The molecule has 3 heterocycles. The van der Waals surface area contributed by atoms with E-state index in [1.54, 1.807) is 6.20 Å². The summed E-state index contributed by atoms with van der Waals surface area (Å²) in [5.41, 5.74) is 3.19. The molecule has 170 valence electrons. The maximum Gasteiger partial charge on any atom is 0.255 e. The standard InChI is InChI=1S/C27H29N3O2S/c31-27(23-11-12-25(28-19-23)32-24-13-18-33-20-24)30-16-14-29(15-17-30)26(21-7-3-1-4-8-21)22-9-5-2-6-10-22/h1-12,19,24,26H,13-18,20H2. The van der Waals surface area contributed by atoms with Crippen molar-refractivity contribution in [3.63, 3.8) is 0 Å². The Balaban J connectivity index is 1.23. The van der Waals surface area contributed by atoms with E-state index < -0.39 is 0 Å². The highest BCUT2D eigenvalue weighted by atomic mass is 32.2. The average molecular weight is 460 g/mol. The highest BCUT2D eigenvalue weighted by molar-refractivity contribution is 7.99. The van der Waals surface area contributed by atoms with Gasteiger partial charge in [-0.25, -0.2) is 4.98 Å². The quantitative estimate of drug-likeness (QED) is 0.543. The van der Waals surface area contributed by atoms with E-state index in [4.69, 9.17) is 4.74 Å². The minimum atomic E-state index is 0.0427. The summed E-state index contributed by atoms with van der Waals surface area (Å²) in [6.45, 7) is 3.06. The first-order valence-corrected chi connectivity index (χ1v) is 12.8. The van der Waals surface area contributed by atoms with Gasteiger partial charge in [0.25, 0.3) is 5.91 Å². The zero-order valence-electron chi connectivity index (χ0n) is 18.7. The first-order chi connectivity index (χ1) is 16.3. The number of aromatic nitrogens is 1. The maximum atomic E-state index is 13.1. The molecule has 1 atom stereocenters. The second-order valence-corrected chi connectivity index (χ2v) is 9.69. The van der Waals surface area contributed by atoms with Crippen molar-refractivity contribution in [1.82, 2.24) is 14.8 Å². The smallest absolute Gasteiger partial charge is 0.255 e. The molecule has 5 rings (SSSR count). The van der Waals surface area contributed by atoms with Crippen molar-refractivity contribution in [3.8, 4) is 5.88 Å². The van der Waals surface area contributed by atoms with Crippen molar-refractivity contribution in [1.29, 1.82) is 0 Å². The van der Waals surface area contributed by atoms with Gasteiger partial charge in [0, 0.05) is 44.2 Å². The third-order valence-corrected chi connectivity index (χ3v) is 7.49. The van der Waals surface area contributed by atoms with Gasteiger partial charge in [-0.3, -0.25) is 9.69 Å². The van der Waals surface area contributed by atoms with Crippen molar-refractivity contribution in [3.05, 3.63) is 95.7 Å². The summed E-state index contributed by atoms with van der Waals surface area (Å²) < 4.78 is 5.92. The van der Waals surface area contributed by atoms with Crippen LogP contribution in [0.3, 0.4) is 0 Å². The van der Waals surface area contributed by atoms with Crippen LogP contribution in [0.15, 0.2) is 79.0 Å². The molecule has 6 heteroatoms. The molecule has 0 radical (unpaired) electrons. The first-order valence-electron chi connectivity index (χ1n) is 11.6. The Morgan fingerprint density at radius 1 is 0.909 bits per heavy atom. The number of hydrogen-bond acceptors (Lipinski definition) is 5. The molecular weight excluding hydrogens is 430 g/mol. The first kappa shape index (κ1) is 22.0. The highest BCUT2D eigenvalue weighted by Crippen LogP contribution is 2.29. The lowest BCUT2D eigenvalue weighted by Gasteiger charge is -2.39. The predicted octanol–water partition coefficient (Wildman–Crippen LogP) is 4.51. The van der Waals surface area contributed by atoms with E-state index in [9.17, 15) is 4.79 Å². The van der Waals surface area contributed by atoms with Gasteiger partial charge in [-0.15, -0.1) is 0 Å². The van der Waals surface area contributed by atoms with Gasteiger partial charge in [0.2, 0.25) is 5.88 Å². The van der Waals surface area contributed by atoms with Crippen LogP contribution in [0.4, 0.5) is 0 Å². The van der Waals surface area contributed by atoms with Crippen molar-refractivity contribution in [2.24, 2.45) is 0 Å². The summed E-state index contributed by atoms with van der Waals surface area (Å²) in [7, 11) is 0. The Labute approximate surface area is 199 Å². The lowest BCUT2D eigenvalue weighted by atomic mass is 9.96. The lowest BCUT2D eigenvalue weighted by molar-refractivity contribution is 0.0597. The largest absolute Gasteiger partial charge is 0.473 e. The summed E-state index contributed by atoms with van der Waals surface area (Å²) in [4.78, 5) is 21.9. The fraction of sp³-hybridized carbons (Fsp3) is 0.333. The lowest BCUT2D eigenvalue weighted by Crippen LogP contribution is -2.49. The number of carbonyl (C=O) groups excluding carboxylic acids is 1. The monoisotopic (exact) mass is 459 g/mol. The number of piperazine rings is 1. The molecule has 0 N–H and O–H groups in total. The van der Waals surface area contributed by atoms with Crippen molar-refractivity contribution in [2.45, 2.75) is 18.6 Å². The van der Waals surface area contributed by atoms with E-state index in [1.165, 1.54) is 11.1 Å². The molecule has 33 heavy (non-hydrogen) atoms. The number of pyridine rings is 1. The van der Waals surface area contributed by atoms with E-state index >= 15 is 0 Å². The molecule has 2 aliphatic heterocycles. The normalized spacial score (nSPS) is 19.1. The minimum Gasteiger partial charge on any atom is -0.473 e. The Morgan fingerprint density at radius 3 is 2.12 bits per heavy atom. The second-order valence-electron chi connectivity index (χ2n) is 8.54. The molecule has 2 aromatic carbocycles. The fourth-order valence-electron chi connectivity index (χ4n) is 4.60. The van der Waals surface area contributed by atoms with E-state index in [2.05, 4.69) is 70.5 Å². The molecule has 0 spiro atoms. The number of carbonyl (C=O) groups is 1. The molecule has 2 aliphatic rings. The zero-order chi connectivity index (χ0) is 22.5. The van der Waals surface area contributed by atoms with Gasteiger partial charge in [0.05, 0.1) is 11.6 Å². The van der Waals surface area contributed by atoms with Crippen LogP contribution in [0.5, 0.6) is 5.88 Å². The summed E-state index contributed by atoms with van der Waals surface area (Å²) in [6, 6.07) is 25.1. The van der Waals surface area contributed by atoms with Crippen molar-refractivity contribution in [2.75, 3.05) is 37.7 Å². The zero-order valence-corrected chi connectivity index (χ0v) is 19.5. The molecular formula is C27H29N3O2S. The molecule has 0 aliphatic carbocycles. The van der Waals surface area contributed by atoms with Crippen LogP contribution in [0.2, 0.25) is 0 Å². The Morgan fingerprint density at radius 2 is 1.58 bits per heavy atom. The number of amides is 1. The number of thioether (sulfide) groups is 1. The molecule has 1 unspecified atom stereocenters. The van der Waals surface area contributed by atoms with Gasteiger partial charge in [-0.05, 0) is 29.4 Å². The highest BCUT2D eigenvalue weighted by Gasteiger charge is 2.28. The Hall–Kier alpha value is -2.83. The fourth-order valence-corrected chi connectivity index (χ4v) is 5.70. The van der Waals surface area contributed by atoms with E-state index in [0.29, 0.717) is 24.5 Å². The molecule has 5 nitrogen and oxygen atoms in total. The van der Waals surface area contributed by atoms with Gasteiger partial charge in [0.15, 0.2) is 0 Å². The van der Waals surface area contributed by atoms with Crippen LogP contribution >= 0.6 is 11.8 Å². The van der Waals surface area contributed by atoms with E-state index in [1.807, 2.05) is 28.8 Å². The number of nitrogens with zero attached hydrogens (tertiary/aromatic N) is 3. The third kappa shape index (κ3) is 5.23. The van der Waals surface area contributed by atoms with Crippen LogP contribution < -0.4 is 4.74 Å². The van der Waals surface area contributed by atoms with Gasteiger partial charge in [0.1, 0.15) is 6.10 Å². The van der Waals surface area contributed by atoms with E-state index in [-0.39, 0.29) is 18.1 Å². The molecule has 2 fully saturated rings. The summed E-state index contributed by atoms with van der Waals surface area (Å²) in [5, 5.41) is 0. The Bertz CT molecular complexity index is 992. The topological polar surface area (TPSA) is 45.7 Å². The van der Waals surface area contributed by atoms with Crippen LogP contribution in [0.1, 0.15) is 33.9 Å². The number of ether oxygens (including phenoxy) is 1. The summed E-state index contributed by atoms with van der Waals surface area (Å²) >= 11 is 1.91. The third-order valence-electron chi connectivity index (χ3n) is 6.36. The summed E-state index contributed by atoms with van der Waals surface area (Å²) in [5.74, 6) is 2.81. The molecule has 0 bridgehead atoms. The number of benzene rings is 2. The Kier molecular flexibility index (Phi) is 6.93. The number of hydrogen-bond donors (Lipinski definition) is 0. The number of rotatable bonds is 6. The molecule has 1 aromatic heterocycles. The molecule has 0 saturated carbocycles. The molecule has 2 saturated heterocycles. The predicted molar refractivity (Wildman–Crippen MR) is 133 cm³/mol. The molecule has 3 aromatic rings. The van der Waals surface area contributed by atoms with Crippen LogP contribution in [0, 0.1) is 0 Å².